The number of hydrogen-bond donors (Lipinski definition) is 1. The highest BCUT2D eigenvalue weighted by Crippen LogP contribution is 2.45. The van der Waals surface area contributed by atoms with Gasteiger partial charge >= 0.3 is 5.97 Å². The van der Waals surface area contributed by atoms with Crippen molar-refractivity contribution in [1.82, 2.24) is 0 Å². The van der Waals surface area contributed by atoms with Crippen LogP contribution in [0.1, 0.15) is 59.0 Å². The molecule has 25 heavy (non-hydrogen) atoms. The molecule has 1 aliphatic carbocycles. The predicted molar refractivity (Wildman–Crippen MR) is 100 cm³/mol. The van der Waals surface area contributed by atoms with E-state index in [2.05, 4.69) is 17.4 Å². The molecule has 0 saturated heterocycles. The fourth-order valence-electron chi connectivity index (χ4n) is 3.52. The van der Waals surface area contributed by atoms with E-state index in [0.29, 0.717) is 17.2 Å². The van der Waals surface area contributed by atoms with E-state index in [4.69, 9.17) is 4.74 Å². The van der Waals surface area contributed by atoms with Gasteiger partial charge in [0, 0.05) is 11.8 Å². The summed E-state index contributed by atoms with van der Waals surface area (Å²) in [7, 11) is 0. The number of amides is 1. The summed E-state index contributed by atoms with van der Waals surface area (Å²) < 4.78 is 5.29. The Morgan fingerprint density at radius 2 is 2.04 bits per heavy atom. The van der Waals surface area contributed by atoms with Crippen LogP contribution in [0.15, 0.2) is 30.3 Å². The van der Waals surface area contributed by atoms with Crippen molar-refractivity contribution in [2.24, 2.45) is 0 Å². The van der Waals surface area contributed by atoms with Gasteiger partial charge in [0.25, 0.3) is 0 Å². The molecule has 1 unspecified atom stereocenters. The van der Waals surface area contributed by atoms with Gasteiger partial charge in [-0.25, -0.2) is 4.79 Å². The van der Waals surface area contributed by atoms with Gasteiger partial charge in [-0.15, -0.1) is 11.3 Å². The molecule has 5 heteroatoms. The lowest BCUT2D eigenvalue weighted by molar-refractivity contribution is -0.114. The molecular weight excluding hydrogens is 334 g/mol. The Balaban J connectivity index is 2.01. The van der Waals surface area contributed by atoms with Gasteiger partial charge < -0.3 is 10.1 Å². The smallest absolute Gasteiger partial charge is 0.341 e. The first kappa shape index (κ1) is 17.7. The third-order valence-corrected chi connectivity index (χ3v) is 5.66. The van der Waals surface area contributed by atoms with E-state index in [1.807, 2.05) is 18.2 Å². The van der Waals surface area contributed by atoms with Gasteiger partial charge in [0.1, 0.15) is 5.00 Å². The van der Waals surface area contributed by atoms with Gasteiger partial charge in [0.05, 0.1) is 12.2 Å². The molecule has 132 valence electrons. The molecule has 3 rings (SSSR count). The summed E-state index contributed by atoms with van der Waals surface area (Å²) in [5.41, 5.74) is 2.92. The van der Waals surface area contributed by atoms with E-state index in [1.54, 1.807) is 6.92 Å². The summed E-state index contributed by atoms with van der Waals surface area (Å²) in [6, 6.07) is 10.3. The molecule has 0 saturated carbocycles. The Bertz CT molecular complexity index is 767. The fourth-order valence-corrected chi connectivity index (χ4v) is 4.88. The van der Waals surface area contributed by atoms with Gasteiger partial charge in [-0.3, -0.25) is 4.79 Å². The fraction of sp³-hybridized carbons (Fsp3) is 0.400. The number of carbonyl (C=O) groups excluding carboxylic acids is 2. The van der Waals surface area contributed by atoms with E-state index in [1.165, 1.54) is 28.7 Å². The normalized spacial score (nSPS) is 16.2. The first-order valence-electron chi connectivity index (χ1n) is 8.74. The summed E-state index contributed by atoms with van der Waals surface area (Å²) in [5.74, 6) is -0.211. The number of fused-ring (bicyclic) bond motifs is 1. The summed E-state index contributed by atoms with van der Waals surface area (Å²) in [6.07, 6.45) is 4.01. The summed E-state index contributed by atoms with van der Waals surface area (Å²) in [5, 5.41) is 3.47. The molecule has 0 radical (unpaired) electrons. The highest BCUT2D eigenvalue weighted by atomic mass is 32.1. The second-order valence-corrected chi connectivity index (χ2v) is 7.43. The monoisotopic (exact) mass is 357 g/mol. The number of thiophene rings is 1. The second-order valence-electron chi connectivity index (χ2n) is 6.32. The number of esters is 1. The van der Waals surface area contributed by atoms with Crippen LogP contribution >= 0.6 is 11.3 Å². The standard InChI is InChI=1S/C20H23NO3S/c1-3-24-20(23)18-17-15(12-14-8-5-4-6-9-14)10-7-11-16(17)25-19(18)21-13(2)22/h4-6,8-9,15H,3,7,10-12H2,1-2H3,(H,21,22). The summed E-state index contributed by atoms with van der Waals surface area (Å²) >= 11 is 1.53. The molecule has 0 aliphatic heterocycles. The van der Waals surface area contributed by atoms with Crippen LogP contribution in [0.3, 0.4) is 0 Å². The van der Waals surface area contributed by atoms with Crippen LogP contribution in [0.5, 0.6) is 0 Å². The summed E-state index contributed by atoms with van der Waals surface area (Å²) in [6.45, 7) is 3.59. The van der Waals surface area contributed by atoms with E-state index < -0.39 is 0 Å². The van der Waals surface area contributed by atoms with Crippen molar-refractivity contribution in [2.45, 2.75) is 45.4 Å². The molecule has 1 aromatic carbocycles. The van der Waals surface area contributed by atoms with Crippen molar-refractivity contribution in [1.29, 1.82) is 0 Å². The Morgan fingerprint density at radius 3 is 2.72 bits per heavy atom. The predicted octanol–water partition coefficient (Wildman–Crippen LogP) is 4.55. The molecule has 1 N–H and O–H groups in total. The molecule has 1 aromatic heterocycles. The zero-order valence-electron chi connectivity index (χ0n) is 14.6. The van der Waals surface area contributed by atoms with Crippen molar-refractivity contribution in [3.63, 3.8) is 0 Å². The van der Waals surface area contributed by atoms with Gasteiger partial charge in [0.2, 0.25) is 5.91 Å². The molecular formula is C20H23NO3S. The Labute approximate surface area is 152 Å². The number of hydrogen-bond acceptors (Lipinski definition) is 4. The van der Waals surface area contributed by atoms with Crippen molar-refractivity contribution in [2.75, 3.05) is 11.9 Å². The SMILES string of the molecule is CCOC(=O)c1c(NC(C)=O)sc2c1C(Cc1ccccc1)CCC2. The summed E-state index contributed by atoms with van der Waals surface area (Å²) in [4.78, 5) is 25.4. The van der Waals surface area contributed by atoms with Crippen LogP contribution < -0.4 is 5.32 Å². The molecule has 1 atom stereocenters. The topological polar surface area (TPSA) is 55.4 Å². The minimum atomic E-state index is -0.330. The minimum absolute atomic E-state index is 0.163. The third-order valence-electron chi connectivity index (χ3n) is 4.48. The molecule has 1 heterocycles. The lowest BCUT2D eigenvalue weighted by Crippen LogP contribution is -2.17. The highest BCUT2D eigenvalue weighted by Gasteiger charge is 2.32. The van der Waals surface area contributed by atoms with Crippen molar-refractivity contribution in [3.05, 3.63) is 51.9 Å². The lowest BCUT2D eigenvalue weighted by atomic mass is 9.81. The Morgan fingerprint density at radius 1 is 1.28 bits per heavy atom. The molecule has 2 aromatic rings. The van der Waals surface area contributed by atoms with Gasteiger partial charge in [-0.05, 0) is 49.7 Å². The Hall–Kier alpha value is -2.14. The Kier molecular flexibility index (Phi) is 5.53. The van der Waals surface area contributed by atoms with Crippen molar-refractivity contribution >= 4 is 28.2 Å². The number of nitrogens with one attached hydrogen (secondary N) is 1. The van der Waals surface area contributed by atoms with E-state index in [9.17, 15) is 9.59 Å². The maximum Gasteiger partial charge on any atom is 0.341 e. The zero-order chi connectivity index (χ0) is 17.8. The third kappa shape index (κ3) is 3.93. The maximum absolute atomic E-state index is 12.6. The number of aryl methyl sites for hydroxylation is 1. The largest absolute Gasteiger partial charge is 0.462 e. The van der Waals surface area contributed by atoms with Gasteiger partial charge in [-0.1, -0.05) is 30.3 Å². The second kappa shape index (κ2) is 7.83. The van der Waals surface area contributed by atoms with E-state index in [0.717, 1.165) is 31.2 Å². The van der Waals surface area contributed by atoms with Crippen LogP contribution in [0.25, 0.3) is 0 Å². The van der Waals surface area contributed by atoms with Crippen molar-refractivity contribution < 1.29 is 14.3 Å². The number of ether oxygens (including phenoxy) is 1. The van der Waals surface area contributed by atoms with E-state index >= 15 is 0 Å². The number of rotatable bonds is 5. The lowest BCUT2D eigenvalue weighted by Gasteiger charge is -2.24. The van der Waals surface area contributed by atoms with Crippen LogP contribution in [-0.2, 0) is 22.4 Å². The van der Waals surface area contributed by atoms with Gasteiger partial charge in [0.15, 0.2) is 0 Å². The maximum atomic E-state index is 12.6. The average molecular weight is 357 g/mol. The number of carbonyl (C=O) groups is 2. The molecule has 1 aliphatic rings. The molecule has 1 amide bonds. The first-order valence-corrected chi connectivity index (χ1v) is 9.56. The molecule has 0 bridgehead atoms. The van der Waals surface area contributed by atoms with Crippen LogP contribution in [0, 0.1) is 0 Å². The zero-order valence-corrected chi connectivity index (χ0v) is 15.4. The van der Waals surface area contributed by atoms with Crippen LogP contribution in [-0.4, -0.2) is 18.5 Å². The van der Waals surface area contributed by atoms with Gasteiger partial charge in [-0.2, -0.15) is 0 Å². The number of anilines is 1. The molecule has 4 nitrogen and oxygen atoms in total. The molecule has 0 spiro atoms. The number of benzene rings is 1. The minimum Gasteiger partial charge on any atom is -0.462 e. The van der Waals surface area contributed by atoms with Crippen LogP contribution in [0.4, 0.5) is 5.00 Å². The quantitative estimate of drug-likeness (QED) is 0.799. The van der Waals surface area contributed by atoms with Crippen molar-refractivity contribution in [3.8, 4) is 0 Å². The van der Waals surface area contributed by atoms with Crippen LogP contribution in [0.2, 0.25) is 0 Å². The highest BCUT2D eigenvalue weighted by molar-refractivity contribution is 7.17. The van der Waals surface area contributed by atoms with E-state index in [-0.39, 0.29) is 17.8 Å². The first-order chi connectivity index (χ1) is 12.1. The molecule has 0 fully saturated rings. The average Bonchev–Trinajstić information content (AvgIpc) is 2.94.